The smallest absolute Gasteiger partial charge is 0.244 e. The van der Waals surface area contributed by atoms with E-state index >= 15 is 0 Å². The average molecular weight is 480 g/mol. The Morgan fingerprint density at radius 3 is 2.30 bits per heavy atom. The molecule has 3 fully saturated rings. The van der Waals surface area contributed by atoms with Crippen LogP contribution in [0.4, 0.5) is 5.82 Å². The Hall–Kier alpha value is -1.75. The Balaban J connectivity index is 1.29. The first-order valence-corrected chi connectivity index (χ1v) is 13.7. The molecule has 10 heteroatoms. The summed E-state index contributed by atoms with van der Waals surface area (Å²) in [6.45, 7) is 6.64. The number of anilines is 1. The molecule has 1 N–H and O–H groups in total. The Morgan fingerprint density at radius 1 is 1.03 bits per heavy atom. The van der Waals surface area contributed by atoms with Crippen molar-refractivity contribution in [2.45, 2.75) is 62.4 Å². The molecule has 1 amide bonds. The summed E-state index contributed by atoms with van der Waals surface area (Å²) in [6, 6.07) is 3.60. The van der Waals surface area contributed by atoms with Crippen LogP contribution in [0.1, 0.15) is 45.4 Å². The van der Waals surface area contributed by atoms with Crippen molar-refractivity contribution in [1.82, 2.24) is 19.5 Å². The number of ether oxygens (including phenoxy) is 1. The molecule has 0 radical (unpaired) electrons. The molecule has 1 aliphatic carbocycles. The Bertz CT molecular complexity index is 873. The Labute approximate surface area is 197 Å². The van der Waals surface area contributed by atoms with Crippen LogP contribution < -0.4 is 10.2 Å². The summed E-state index contributed by atoms with van der Waals surface area (Å²) in [6.07, 6.45) is 8.60. The third-order valence-electron chi connectivity index (χ3n) is 7.10. The van der Waals surface area contributed by atoms with Gasteiger partial charge in [0.1, 0.15) is 10.7 Å². The third kappa shape index (κ3) is 6.03. The van der Waals surface area contributed by atoms with Crippen molar-refractivity contribution < 1.29 is 17.9 Å². The molecule has 2 saturated heterocycles. The van der Waals surface area contributed by atoms with Crippen LogP contribution in [0.5, 0.6) is 0 Å². The zero-order chi connectivity index (χ0) is 23.3. The molecular weight excluding hydrogens is 442 g/mol. The van der Waals surface area contributed by atoms with Crippen LogP contribution in [0.25, 0.3) is 0 Å². The number of nitrogens with zero attached hydrogens (tertiary/aromatic N) is 4. The fourth-order valence-electron chi connectivity index (χ4n) is 4.90. The topological polar surface area (TPSA) is 95.1 Å². The van der Waals surface area contributed by atoms with Gasteiger partial charge in [-0.3, -0.25) is 9.69 Å². The summed E-state index contributed by atoms with van der Waals surface area (Å²) in [7, 11) is -3.53. The molecule has 1 aromatic heterocycles. The number of piperazine rings is 1. The molecule has 9 nitrogen and oxygen atoms in total. The van der Waals surface area contributed by atoms with Crippen LogP contribution in [0.15, 0.2) is 23.2 Å². The molecule has 0 aromatic carbocycles. The molecule has 3 aliphatic rings. The number of hydrogen-bond acceptors (Lipinski definition) is 7. The molecule has 1 unspecified atom stereocenters. The van der Waals surface area contributed by atoms with Gasteiger partial charge < -0.3 is 15.0 Å². The van der Waals surface area contributed by atoms with Crippen molar-refractivity contribution in [1.29, 1.82) is 0 Å². The molecule has 4 rings (SSSR count). The second kappa shape index (κ2) is 11.1. The molecule has 33 heavy (non-hydrogen) atoms. The predicted molar refractivity (Wildman–Crippen MR) is 127 cm³/mol. The predicted octanol–water partition coefficient (Wildman–Crippen LogP) is 1.45. The largest absolute Gasteiger partial charge is 0.379 e. The third-order valence-corrected chi connectivity index (χ3v) is 8.98. The average Bonchev–Trinajstić information content (AvgIpc) is 3.13. The van der Waals surface area contributed by atoms with Gasteiger partial charge in [-0.2, -0.15) is 4.31 Å². The lowest BCUT2D eigenvalue weighted by Gasteiger charge is -2.38. The quantitative estimate of drug-likeness (QED) is 0.617. The lowest BCUT2D eigenvalue weighted by molar-refractivity contribution is -0.126. The molecule has 1 atom stereocenters. The highest BCUT2D eigenvalue weighted by molar-refractivity contribution is 7.89. The number of pyridine rings is 1. The Kier molecular flexibility index (Phi) is 8.21. The summed E-state index contributed by atoms with van der Waals surface area (Å²) < 4.78 is 32.3. The highest BCUT2D eigenvalue weighted by atomic mass is 32.2. The van der Waals surface area contributed by atoms with Gasteiger partial charge in [0, 0.05) is 51.5 Å². The van der Waals surface area contributed by atoms with Gasteiger partial charge in [0.2, 0.25) is 15.9 Å². The minimum absolute atomic E-state index is 0.131. The molecular formula is C23H37N5O4S. The number of rotatable bonds is 6. The van der Waals surface area contributed by atoms with Crippen molar-refractivity contribution in [2.24, 2.45) is 0 Å². The molecule has 184 valence electrons. The minimum Gasteiger partial charge on any atom is -0.379 e. The van der Waals surface area contributed by atoms with Gasteiger partial charge in [-0.25, -0.2) is 13.4 Å². The first-order valence-electron chi connectivity index (χ1n) is 12.3. The first kappa shape index (κ1) is 24.4. The maximum Gasteiger partial charge on any atom is 0.244 e. The van der Waals surface area contributed by atoms with E-state index in [9.17, 15) is 13.2 Å². The van der Waals surface area contributed by atoms with Crippen LogP contribution >= 0.6 is 0 Å². The van der Waals surface area contributed by atoms with Crippen LogP contribution in [-0.4, -0.2) is 93.1 Å². The van der Waals surface area contributed by atoms with Gasteiger partial charge in [0.25, 0.3) is 0 Å². The zero-order valence-corrected chi connectivity index (χ0v) is 20.4. The van der Waals surface area contributed by atoms with E-state index in [2.05, 4.69) is 20.1 Å². The van der Waals surface area contributed by atoms with Gasteiger partial charge in [0.05, 0.1) is 19.3 Å². The maximum absolute atomic E-state index is 12.8. The number of nitrogens with one attached hydrogen (secondary N) is 1. The Morgan fingerprint density at radius 2 is 1.70 bits per heavy atom. The minimum atomic E-state index is -3.53. The highest BCUT2D eigenvalue weighted by Crippen LogP contribution is 2.21. The van der Waals surface area contributed by atoms with Crippen molar-refractivity contribution in [3.05, 3.63) is 18.3 Å². The van der Waals surface area contributed by atoms with Gasteiger partial charge in [-0.1, -0.05) is 25.7 Å². The molecule has 0 spiro atoms. The molecule has 1 saturated carbocycles. The van der Waals surface area contributed by atoms with E-state index in [0.29, 0.717) is 32.3 Å². The normalized spacial score (nSPS) is 23.1. The second-order valence-electron chi connectivity index (χ2n) is 9.26. The molecule has 3 heterocycles. The van der Waals surface area contributed by atoms with Crippen LogP contribution in [0.3, 0.4) is 0 Å². The van der Waals surface area contributed by atoms with Gasteiger partial charge in [-0.15, -0.1) is 0 Å². The number of morpholine rings is 1. The van der Waals surface area contributed by atoms with Gasteiger partial charge >= 0.3 is 0 Å². The molecule has 0 bridgehead atoms. The summed E-state index contributed by atoms with van der Waals surface area (Å²) >= 11 is 0. The second-order valence-corrected chi connectivity index (χ2v) is 11.2. The van der Waals surface area contributed by atoms with Gasteiger partial charge in [-0.05, 0) is 31.9 Å². The summed E-state index contributed by atoms with van der Waals surface area (Å²) in [5.74, 6) is 0.900. The summed E-state index contributed by atoms with van der Waals surface area (Å²) in [5.41, 5.74) is 0. The number of amides is 1. The van der Waals surface area contributed by atoms with Crippen molar-refractivity contribution in [3.63, 3.8) is 0 Å². The van der Waals surface area contributed by atoms with Crippen molar-refractivity contribution >= 4 is 21.7 Å². The number of hydrogen-bond donors (Lipinski definition) is 1. The van der Waals surface area contributed by atoms with Gasteiger partial charge in [0.15, 0.2) is 0 Å². The lowest BCUT2D eigenvalue weighted by Crippen LogP contribution is -2.55. The van der Waals surface area contributed by atoms with Crippen molar-refractivity contribution in [3.8, 4) is 0 Å². The maximum atomic E-state index is 12.8. The van der Waals surface area contributed by atoms with E-state index < -0.39 is 10.0 Å². The fourth-order valence-corrected chi connectivity index (χ4v) is 6.25. The van der Waals surface area contributed by atoms with E-state index in [0.717, 1.165) is 44.8 Å². The lowest BCUT2D eigenvalue weighted by atomic mass is 10.1. The van der Waals surface area contributed by atoms with E-state index in [-0.39, 0.29) is 16.8 Å². The van der Waals surface area contributed by atoms with E-state index in [1.165, 1.54) is 36.2 Å². The van der Waals surface area contributed by atoms with Crippen LogP contribution in [0, 0.1) is 0 Å². The zero-order valence-electron chi connectivity index (χ0n) is 19.6. The monoisotopic (exact) mass is 479 g/mol. The number of carbonyl (C=O) groups excluding carboxylic acids is 1. The van der Waals surface area contributed by atoms with E-state index in [1.54, 1.807) is 12.1 Å². The number of aromatic nitrogens is 1. The number of carbonyl (C=O) groups is 1. The standard InChI is InChI=1S/C23H37N5O4S/c1-19(23(29)25-20-6-4-2-3-5-7-20)26-10-12-27(13-11-26)22-9-8-21(18-24-22)33(30,31)28-14-16-32-17-15-28/h8-9,18-20H,2-7,10-17H2,1H3,(H,25,29). The van der Waals surface area contributed by atoms with Crippen molar-refractivity contribution in [2.75, 3.05) is 57.4 Å². The highest BCUT2D eigenvalue weighted by Gasteiger charge is 2.29. The number of sulfonamides is 1. The molecule has 2 aliphatic heterocycles. The molecule has 1 aromatic rings. The van der Waals surface area contributed by atoms with E-state index in [4.69, 9.17) is 4.74 Å². The fraction of sp³-hybridized carbons (Fsp3) is 0.739. The summed E-state index contributed by atoms with van der Waals surface area (Å²) in [4.78, 5) is 21.8. The summed E-state index contributed by atoms with van der Waals surface area (Å²) in [5, 5.41) is 3.27. The van der Waals surface area contributed by atoms with E-state index in [1.807, 2.05) is 6.92 Å². The van der Waals surface area contributed by atoms with Crippen LogP contribution in [0.2, 0.25) is 0 Å². The van der Waals surface area contributed by atoms with Crippen LogP contribution in [-0.2, 0) is 19.6 Å². The first-order chi connectivity index (χ1) is 15.9. The SMILES string of the molecule is CC(C(=O)NC1CCCCCC1)N1CCN(c2ccc(S(=O)(=O)N3CCOCC3)cn2)CC1.